The molecule has 0 aliphatic carbocycles. The van der Waals surface area contributed by atoms with E-state index in [1.807, 2.05) is 13.0 Å². The van der Waals surface area contributed by atoms with Gasteiger partial charge in [0.1, 0.15) is 0 Å². The van der Waals surface area contributed by atoms with E-state index in [-0.39, 0.29) is 17.6 Å². The van der Waals surface area contributed by atoms with Gasteiger partial charge in [0, 0.05) is 11.1 Å². The number of carbonyl (C=O) groups excluding carboxylic acids is 2. The maximum absolute atomic E-state index is 12.4. The first kappa shape index (κ1) is 22.8. The molecule has 1 amide bonds. The number of amides is 1. The smallest absolute Gasteiger partial charge is 0.338 e. The zero-order valence-electron chi connectivity index (χ0n) is 18.5. The molecule has 0 saturated heterocycles. The second-order valence-corrected chi connectivity index (χ2v) is 8.65. The Balaban J connectivity index is 1.58. The Morgan fingerprint density at radius 3 is 2.48 bits per heavy atom. The Bertz CT molecular complexity index is 1090. The summed E-state index contributed by atoms with van der Waals surface area (Å²) in [6.07, 6.45) is 1.83. The van der Waals surface area contributed by atoms with Crippen molar-refractivity contribution in [3.8, 4) is 0 Å². The number of unbranched alkanes of at least 4 members (excludes halogenated alkanes) is 1. The number of carbonyl (C=O) groups is 2. The Labute approximate surface area is 187 Å². The van der Waals surface area contributed by atoms with Gasteiger partial charge in [-0.25, -0.2) is 9.78 Å². The maximum atomic E-state index is 12.4. The number of fused-ring (bicyclic) bond motifs is 1. The summed E-state index contributed by atoms with van der Waals surface area (Å²) >= 11 is 1.41. The van der Waals surface area contributed by atoms with Gasteiger partial charge in [0.2, 0.25) is 5.91 Å². The van der Waals surface area contributed by atoms with Gasteiger partial charge in [-0.15, -0.1) is 0 Å². The molecule has 0 aliphatic heterocycles. The number of pyridine rings is 1. The highest BCUT2D eigenvalue weighted by Crippen LogP contribution is 2.27. The highest BCUT2D eigenvalue weighted by Gasteiger charge is 2.11. The molecule has 0 saturated carbocycles. The topological polar surface area (TPSA) is 68.3 Å². The SMILES string of the molecule is CCCCOC(=O)c1ccc(NC(=O)CSc2cc(C)c3cc(C)cc(C)c3n2)cc1. The van der Waals surface area contributed by atoms with E-state index in [1.165, 1.54) is 17.3 Å². The van der Waals surface area contributed by atoms with E-state index in [4.69, 9.17) is 9.72 Å². The largest absolute Gasteiger partial charge is 0.462 e. The van der Waals surface area contributed by atoms with Gasteiger partial charge >= 0.3 is 5.97 Å². The number of rotatable bonds is 8. The number of aromatic nitrogens is 1. The number of anilines is 1. The van der Waals surface area contributed by atoms with Crippen molar-refractivity contribution in [3.05, 3.63) is 64.7 Å². The third kappa shape index (κ3) is 6.07. The van der Waals surface area contributed by atoms with Gasteiger partial charge in [0.25, 0.3) is 0 Å². The minimum Gasteiger partial charge on any atom is -0.462 e. The van der Waals surface area contributed by atoms with E-state index < -0.39 is 0 Å². The van der Waals surface area contributed by atoms with Crippen molar-refractivity contribution in [2.24, 2.45) is 0 Å². The molecular weight excluding hydrogens is 408 g/mol. The minimum absolute atomic E-state index is 0.122. The molecule has 1 N–H and O–H groups in total. The lowest BCUT2D eigenvalue weighted by molar-refractivity contribution is -0.113. The molecule has 0 aliphatic rings. The van der Waals surface area contributed by atoms with Crippen LogP contribution in [-0.4, -0.2) is 29.2 Å². The first-order valence-corrected chi connectivity index (χ1v) is 11.4. The van der Waals surface area contributed by atoms with Crippen LogP contribution in [0, 0.1) is 20.8 Å². The van der Waals surface area contributed by atoms with Crippen LogP contribution in [0.3, 0.4) is 0 Å². The second-order valence-electron chi connectivity index (χ2n) is 7.66. The third-order valence-corrected chi connectivity index (χ3v) is 5.83. The first-order valence-electron chi connectivity index (χ1n) is 10.5. The number of thioether (sulfide) groups is 1. The van der Waals surface area contributed by atoms with E-state index in [2.05, 4.69) is 38.2 Å². The summed E-state index contributed by atoms with van der Waals surface area (Å²) in [5.74, 6) is -0.211. The minimum atomic E-state index is -0.342. The molecule has 1 aromatic heterocycles. The molecule has 0 radical (unpaired) electrons. The van der Waals surface area contributed by atoms with Gasteiger partial charge in [-0.2, -0.15) is 0 Å². The van der Waals surface area contributed by atoms with E-state index in [9.17, 15) is 9.59 Å². The van der Waals surface area contributed by atoms with Crippen LogP contribution < -0.4 is 5.32 Å². The normalized spacial score (nSPS) is 10.8. The number of benzene rings is 2. The van der Waals surface area contributed by atoms with Crippen molar-refractivity contribution in [3.63, 3.8) is 0 Å². The predicted octanol–water partition coefficient (Wildman–Crippen LogP) is 5.85. The summed E-state index contributed by atoms with van der Waals surface area (Å²) < 4.78 is 5.20. The fourth-order valence-corrected chi connectivity index (χ4v) is 4.07. The quantitative estimate of drug-likeness (QED) is 0.273. The number of nitrogens with one attached hydrogen (secondary N) is 1. The molecule has 3 rings (SSSR count). The van der Waals surface area contributed by atoms with Gasteiger partial charge in [-0.1, -0.05) is 36.7 Å². The lowest BCUT2D eigenvalue weighted by atomic mass is 10.0. The number of aryl methyl sites for hydroxylation is 3. The Kier molecular flexibility index (Phi) is 7.69. The average molecular weight is 437 g/mol. The molecule has 2 aromatic carbocycles. The molecule has 0 bridgehead atoms. The van der Waals surface area contributed by atoms with Gasteiger partial charge < -0.3 is 10.1 Å². The van der Waals surface area contributed by atoms with E-state index in [0.29, 0.717) is 17.9 Å². The van der Waals surface area contributed by atoms with E-state index in [0.717, 1.165) is 39.9 Å². The number of ether oxygens (including phenoxy) is 1. The average Bonchev–Trinajstić information content (AvgIpc) is 2.74. The summed E-state index contributed by atoms with van der Waals surface area (Å²) in [6, 6.07) is 13.0. The third-order valence-electron chi connectivity index (χ3n) is 4.92. The monoisotopic (exact) mass is 436 g/mol. The number of nitrogens with zero attached hydrogens (tertiary/aromatic N) is 1. The molecule has 1 heterocycles. The van der Waals surface area contributed by atoms with Gasteiger partial charge in [-0.3, -0.25) is 4.79 Å². The molecule has 31 heavy (non-hydrogen) atoms. The van der Waals surface area contributed by atoms with Gasteiger partial charge in [0.15, 0.2) is 0 Å². The van der Waals surface area contributed by atoms with Gasteiger partial charge in [-0.05, 0) is 74.7 Å². The van der Waals surface area contributed by atoms with Crippen molar-refractivity contribution in [1.82, 2.24) is 4.98 Å². The summed E-state index contributed by atoms with van der Waals surface area (Å²) in [5.41, 5.74) is 5.61. The van der Waals surface area contributed by atoms with Crippen LogP contribution in [-0.2, 0) is 9.53 Å². The van der Waals surface area contributed by atoms with Gasteiger partial charge in [0.05, 0.1) is 28.5 Å². The van der Waals surface area contributed by atoms with Crippen LogP contribution in [0.4, 0.5) is 5.69 Å². The molecule has 0 spiro atoms. The highest BCUT2D eigenvalue weighted by molar-refractivity contribution is 7.99. The number of hydrogen-bond acceptors (Lipinski definition) is 5. The van der Waals surface area contributed by atoms with E-state index in [1.54, 1.807) is 24.3 Å². The van der Waals surface area contributed by atoms with Crippen LogP contribution in [0.25, 0.3) is 10.9 Å². The van der Waals surface area contributed by atoms with Crippen LogP contribution in [0.2, 0.25) is 0 Å². The second kappa shape index (κ2) is 10.4. The van der Waals surface area contributed by atoms with Crippen molar-refractivity contribution >= 4 is 40.2 Å². The van der Waals surface area contributed by atoms with Crippen molar-refractivity contribution in [2.75, 3.05) is 17.7 Å². The highest BCUT2D eigenvalue weighted by atomic mass is 32.2. The summed E-state index contributed by atoms with van der Waals surface area (Å²) in [6.45, 7) is 8.68. The Morgan fingerprint density at radius 2 is 1.77 bits per heavy atom. The molecular formula is C25H28N2O3S. The molecule has 6 heteroatoms. The number of hydrogen-bond donors (Lipinski definition) is 1. The fraction of sp³-hybridized carbons (Fsp3) is 0.320. The van der Waals surface area contributed by atoms with Crippen molar-refractivity contribution < 1.29 is 14.3 Å². The Hall–Kier alpha value is -2.86. The zero-order valence-corrected chi connectivity index (χ0v) is 19.3. The molecule has 162 valence electrons. The Morgan fingerprint density at radius 1 is 1.03 bits per heavy atom. The molecule has 0 atom stereocenters. The predicted molar refractivity (Wildman–Crippen MR) is 127 cm³/mol. The first-order chi connectivity index (χ1) is 14.9. The maximum Gasteiger partial charge on any atom is 0.338 e. The van der Waals surface area contributed by atoms with Crippen molar-refractivity contribution in [1.29, 1.82) is 0 Å². The molecule has 0 unspecified atom stereocenters. The van der Waals surface area contributed by atoms with Crippen LogP contribution in [0.5, 0.6) is 0 Å². The lowest BCUT2D eigenvalue weighted by Gasteiger charge is -2.10. The molecule has 3 aromatic rings. The summed E-state index contributed by atoms with van der Waals surface area (Å²) in [4.78, 5) is 29.1. The summed E-state index contributed by atoms with van der Waals surface area (Å²) in [5, 5.41) is 4.84. The zero-order chi connectivity index (χ0) is 22.4. The van der Waals surface area contributed by atoms with Crippen molar-refractivity contribution in [2.45, 2.75) is 45.6 Å². The van der Waals surface area contributed by atoms with Crippen LogP contribution in [0.15, 0.2) is 47.5 Å². The van der Waals surface area contributed by atoms with Crippen LogP contribution in [0.1, 0.15) is 46.8 Å². The standard InChI is InChI=1S/C25H28N2O3S/c1-5-6-11-30-25(29)19-7-9-20(10-8-19)26-22(28)15-31-23-14-17(3)21-13-16(2)12-18(4)24(21)27-23/h7-10,12-14H,5-6,11,15H2,1-4H3,(H,26,28). The van der Waals surface area contributed by atoms with E-state index >= 15 is 0 Å². The fourth-order valence-electron chi connectivity index (χ4n) is 3.31. The number of esters is 1. The molecule has 0 fully saturated rings. The molecule has 5 nitrogen and oxygen atoms in total. The lowest BCUT2D eigenvalue weighted by Crippen LogP contribution is -2.14. The van der Waals surface area contributed by atoms with Crippen LogP contribution >= 0.6 is 11.8 Å². The summed E-state index contributed by atoms with van der Waals surface area (Å²) in [7, 11) is 0.